The molecule has 7 heteroatoms. The average molecular weight is 299 g/mol. The lowest BCUT2D eigenvalue weighted by Gasteiger charge is -2.24. The van der Waals surface area contributed by atoms with E-state index >= 15 is 0 Å². The highest BCUT2D eigenvalue weighted by Gasteiger charge is 2.21. The Morgan fingerprint density at radius 1 is 1.35 bits per heavy atom. The van der Waals surface area contributed by atoms with Crippen molar-refractivity contribution in [3.05, 3.63) is 23.2 Å². The zero-order chi connectivity index (χ0) is 15.3. The predicted molar refractivity (Wildman–Crippen MR) is 76.5 cm³/mol. The number of carbonyl (C=O) groups is 2. The van der Waals surface area contributed by atoms with Gasteiger partial charge < -0.3 is 10.2 Å². The van der Waals surface area contributed by atoms with E-state index in [0.29, 0.717) is 6.54 Å². The Kier molecular flexibility index (Phi) is 5.44. The number of nitrogens with one attached hydrogen (secondary N) is 1. The zero-order valence-corrected chi connectivity index (χ0v) is 12.9. The molecule has 0 aliphatic rings. The van der Waals surface area contributed by atoms with Crippen molar-refractivity contribution >= 4 is 23.4 Å². The number of nitrogens with zero attached hydrogens (tertiary/aromatic N) is 3. The molecule has 0 saturated carbocycles. The molecule has 0 bridgehead atoms. The predicted octanol–water partition coefficient (Wildman–Crippen LogP) is 1.51. The first kappa shape index (κ1) is 16.4. The number of carbonyl (C=O) groups excluding carboxylic acids is 2. The molecule has 2 amide bonds. The van der Waals surface area contributed by atoms with Crippen molar-refractivity contribution < 1.29 is 9.59 Å². The van der Waals surface area contributed by atoms with Gasteiger partial charge in [-0.25, -0.2) is 4.98 Å². The van der Waals surface area contributed by atoms with Gasteiger partial charge in [-0.2, -0.15) is 0 Å². The maximum atomic E-state index is 12.2. The summed E-state index contributed by atoms with van der Waals surface area (Å²) in [7, 11) is 0. The van der Waals surface area contributed by atoms with Crippen molar-refractivity contribution in [1.29, 1.82) is 0 Å². The van der Waals surface area contributed by atoms with Gasteiger partial charge in [-0.05, 0) is 27.7 Å². The SMILES string of the molecule is CCN(CC(=O)NC(C)(C)C)C(=O)c1cncc(Cl)n1. The highest BCUT2D eigenvalue weighted by Crippen LogP contribution is 2.06. The molecule has 0 unspecified atom stereocenters. The Bertz CT molecular complexity index is 499. The molecule has 1 rings (SSSR count). The molecular weight excluding hydrogens is 280 g/mol. The van der Waals surface area contributed by atoms with Crippen LogP contribution in [0.25, 0.3) is 0 Å². The fourth-order valence-corrected chi connectivity index (χ4v) is 1.71. The van der Waals surface area contributed by atoms with Gasteiger partial charge in [0.2, 0.25) is 5.91 Å². The lowest BCUT2D eigenvalue weighted by molar-refractivity contribution is -0.123. The van der Waals surface area contributed by atoms with Gasteiger partial charge in [0.25, 0.3) is 5.91 Å². The lowest BCUT2D eigenvalue weighted by atomic mass is 10.1. The smallest absolute Gasteiger partial charge is 0.274 e. The van der Waals surface area contributed by atoms with E-state index < -0.39 is 0 Å². The summed E-state index contributed by atoms with van der Waals surface area (Å²) < 4.78 is 0. The molecule has 0 radical (unpaired) electrons. The maximum absolute atomic E-state index is 12.2. The van der Waals surface area contributed by atoms with Crippen LogP contribution in [0.1, 0.15) is 38.2 Å². The molecule has 0 fully saturated rings. The number of hydrogen-bond acceptors (Lipinski definition) is 4. The van der Waals surface area contributed by atoms with Gasteiger partial charge in [0.15, 0.2) is 0 Å². The average Bonchev–Trinajstić information content (AvgIpc) is 2.33. The number of rotatable bonds is 4. The Hall–Kier alpha value is -1.69. The van der Waals surface area contributed by atoms with E-state index in [4.69, 9.17) is 11.6 Å². The van der Waals surface area contributed by atoms with Gasteiger partial charge in [0.05, 0.1) is 18.9 Å². The fraction of sp³-hybridized carbons (Fsp3) is 0.538. The molecule has 0 aliphatic carbocycles. The summed E-state index contributed by atoms with van der Waals surface area (Å²) in [5.74, 6) is -0.589. The second kappa shape index (κ2) is 6.65. The van der Waals surface area contributed by atoms with Crippen LogP contribution in [0.3, 0.4) is 0 Å². The summed E-state index contributed by atoms with van der Waals surface area (Å²) in [6, 6.07) is 0. The van der Waals surface area contributed by atoms with Crippen LogP contribution in [0.2, 0.25) is 5.15 Å². The molecule has 20 heavy (non-hydrogen) atoms. The Morgan fingerprint density at radius 2 is 2.00 bits per heavy atom. The lowest BCUT2D eigenvalue weighted by Crippen LogP contribution is -2.47. The van der Waals surface area contributed by atoms with Crippen LogP contribution in [0.5, 0.6) is 0 Å². The van der Waals surface area contributed by atoms with Gasteiger partial charge >= 0.3 is 0 Å². The molecule has 0 saturated heterocycles. The van der Waals surface area contributed by atoms with E-state index in [1.807, 2.05) is 20.8 Å². The van der Waals surface area contributed by atoms with Crippen molar-refractivity contribution in [2.45, 2.75) is 33.2 Å². The normalized spacial score (nSPS) is 11.1. The second-order valence-electron chi connectivity index (χ2n) is 5.34. The summed E-state index contributed by atoms with van der Waals surface area (Å²) in [4.78, 5) is 33.2. The van der Waals surface area contributed by atoms with Crippen LogP contribution < -0.4 is 5.32 Å². The van der Waals surface area contributed by atoms with Crippen LogP contribution in [-0.4, -0.2) is 45.3 Å². The summed E-state index contributed by atoms with van der Waals surface area (Å²) in [5.41, 5.74) is -0.210. The Balaban J connectivity index is 2.76. The molecule has 1 aromatic heterocycles. The van der Waals surface area contributed by atoms with Crippen molar-refractivity contribution in [3.63, 3.8) is 0 Å². The van der Waals surface area contributed by atoms with E-state index in [9.17, 15) is 9.59 Å². The fourth-order valence-electron chi connectivity index (χ4n) is 1.57. The highest BCUT2D eigenvalue weighted by molar-refractivity contribution is 6.29. The Labute approximate surface area is 123 Å². The van der Waals surface area contributed by atoms with Crippen molar-refractivity contribution in [2.75, 3.05) is 13.1 Å². The van der Waals surface area contributed by atoms with Crippen molar-refractivity contribution in [1.82, 2.24) is 20.2 Å². The summed E-state index contributed by atoms with van der Waals surface area (Å²) in [6.07, 6.45) is 2.68. The molecule has 6 nitrogen and oxygen atoms in total. The van der Waals surface area contributed by atoms with Crippen LogP contribution in [0.15, 0.2) is 12.4 Å². The van der Waals surface area contributed by atoms with E-state index in [2.05, 4.69) is 15.3 Å². The molecule has 0 spiro atoms. The van der Waals surface area contributed by atoms with Gasteiger partial charge in [-0.15, -0.1) is 0 Å². The summed E-state index contributed by atoms with van der Waals surface area (Å²) in [5, 5.41) is 2.95. The quantitative estimate of drug-likeness (QED) is 0.914. The first-order valence-corrected chi connectivity index (χ1v) is 6.68. The summed E-state index contributed by atoms with van der Waals surface area (Å²) >= 11 is 5.71. The third-order valence-corrected chi connectivity index (χ3v) is 2.52. The minimum atomic E-state index is -0.369. The molecule has 0 atom stereocenters. The summed E-state index contributed by atoms with van der Waals surface area (Å²) in [6.45, 7) is 7.80. The number of likely N-dealkylation sites (N-methyl/N-ethyl adjacent to an activating group) is 1. The van der Waals surface area contributed by atoms with Gasteiger partial charge in [-0.1, -0.05) is 11.6 Å². The first-order valence-electron chi connectivity index (χ1n) is 6.30. The van der Waals surface area contributed by atoms with E-state index in [1.54, 1.807) is 6.92 Å². The van der Waals surface area contributed by atoms with Crippen LogP contribution in [0.4, 0.5) is 0 Å². The van der Waals surface area contributed by atoms with Crippen LogP contribution >= 0.6 is 11.6 Å². The number of hydrogen-bond donors (Lipinski definition) is 1. The second-order valence-corrected chi connectivity index (χ2v) is 5.73. The molecule has 0 aromatic carbocycles. The monoisotopic (exact) mass is 298 g/mol. The Morgan fingerprint density at radius 3 is 2.50 bits per heavy atom. The highest BCUT2D eigenvalue weighted by atomic mass is 35.5. The van der Waals surface area contributed by atoms with Crippen molar-refractivity contribution in [2.24, 2.45) is 0 Å². The number of halogens is 1. The first-order chi connectivity index (χ1) is 9.23. The molecular formula is C13H19ClN4O2. The number of amides is 2. The van der Waals surface area contributed by atoms with Gasteiger partial charge in [0.1, 0.15) is 10.8 Å². The maximum Gasteiger partial charge on any atom is 0.274 e. The van der Waals surface area contributed by atoms with E-state index in [-0.39, 0.29) is 34.7 Å². The topological polar surface area (TPSA) is 75.2 Å². The molecule has 110 valence electrons. The zero-order valence-electron chi connectivity index (χ0n) is 12.1. The van der Waals surface area contributed by atoms with Crippen LogP contribution in [0, 0.1) is 0 Å². The standard InChI is InChI=1S/C13H19ClN4O2/c1-5-18(8-11(19)17-13(2,3)4)12(20)9-6-15-7-10(14)16-9/h6-7H,5,8H2,1-4H3,(H,17,19). The van der Waals surface area contributed by atoms with Gasteiger partial charge in [-0.3, -0.25) is 14.6 Å². The van der Waals surface area contributed by atoms with Gasteiger partial charge in [0, 0.05) is 12.1 Å². The van der Waals surface area contributed by atoms with E-state index in [0.717, 1.165) is 0 Å². The molecule has 1 heterocycles. The van der Waals surface area contributed by atoms with Crippen LogP contribution in [-0.2, 0) is 4.79 Å². The minimum Gasteiger partial charge on any atom is -0.350 e. The minimum absolute atomic E-state index is 0.0270. The third kappa shape index (κ3) is 5.13. The molecule has 1 N–H and O–H groups in total. The van der Waals surface area contributed by atoms with Crippen molar-refractivity contribution in [3.8, 4) is 0 Å². The molecule has 1 aromatic rings. The third-order valence-electron chi connectivity index (χ3n) is 2.34. The largest absolute Gasteiger partial charge is 0.350 e. The molecule has 0 aliphatic heterocycles. The van der Waals surface area contributed by atoms with E-state index in [1.165, 1.54) is 17.3 Å². The number of aromatic nitrogens is 2.